The third-order valence-electron chi connectivity index (χ3n) is 5.32. The molecule has 1 aromatic heterocycles. The van der Waals surface area contributed by atoms with E-state index in [1.54, 1.807) is 19.1 Å². The van der Waals surface area contributed by atoms with E-state index in [0.717, 1.165) is 0 Å². The third kappa shape index (κ3) is 5.33. The number of urea groups is 1. The van der Waals surface area contributed by atoms with Crippen LogP contribution in [0.4, 0.5) is 16.2 Å². The number of hydrogen-bond donors (Lipinski definition) is 3. The highest BCUT2D eigenvalue weighted by atomic mass is 16.5. The summed E-state index contributed by atoms with van der Waals surface area (Å²) in [4.78, 5) is 38.7. The highest BCUT2D eigenvalue weighted by Gasteiger charge is 2.24. The van der Waals surface area contributed by atoms with Crippen LogP contribution in [0.25, 0.3) is 16.6 Å². The summed E-state index contributed by atoms with van der Waals surface area (Å²) in [7, 11) is 0. The van der Waals surface area contributed by atoms with E-state index < -0.39 is 11.5 Å². The summed E-state index contributed by atoms with van der Waals surface area (Å²) in [5.74, 6) is -0.704. The van der Waals surface area contributed by atoms with E-state index in [4.69, 9.17) is 4.74 Å². The number of nitrogens with one attached hydrogen (secondary N) is 3. The molecule has 0 unspecified atom stereocenters. The van der Waals surface area contributed by atoms with Crippen molar-refractivity contribution in [3.63, 3.8) is 0 Å². The zero-order chi connectivity index (χ0) is 24.6. The Morgan fingerprint density at radius 2 is 1.51 bits per heavy atom. The number of ether oxygens (including phenoxy) is 1. The van der Waals surface area contributed by atoms with Crippen LogP contribution in [0.2, 0.25) is 0 Å². The first-order valence-electron chi connectivity index (χ1n) is 11.3. The minimum Gasteiger partial charge on any atom is -0.462 e. The second-order valence-electron chi connectivity index (χ2n) is 7.64. The number of esters is 1. The van der Waals surface area contributed by atoms with Gasteiger partial charge < -0.3 is 20.7 Å². The molecule has 178 valence electrons. The largest absolute Gasteiger partial charge is 0.462 e. The number of fused-ring (bicyclic) bond motifs is 1. The fourth-order valence-corrected chi connectivity index (χ4v) is 3.81. The van der Waals surface area contributed by atoms with Crippen LogP contribution in [0.5, 0.6) is 0 Å². The standard InChI is InChI=1S/C27H26N4O4/c1-2-35-26(33)23-24(28-17-18-29-27(34)30-19-11-5-3-6-12-19)21-15-9-10-16-22(21)31(25(23)32)20-13-7-4-8-14-20/h3-16,28H,2,17-18H2,1H3,(H2,29,30,34). The molecule has 0 aliphatic carbocycles. The number of rotatable bonds is 8. The molecule has 3 N–H and O–H groups in total. The second-order valence-corrected chi connectivity index (χ2v) is 7.64. The van der Waals surface area contributed by atoms with Gasteiger partial charge in [-0.05, 0) is 37.3 Å². The summed E-state index contributed by atoms with van der Waals surface area (Å²) in [5.41, 5.74) is 1.78. The van der Waals surface area contributed by atoms with E-state index in [1.165, 1.54) is 4.57 Å². The Morgan fingerprint density at radius 3 is 2.23 bits per heavy atom. The number of hydrogen-bond acceptors (Lipinski definition) is 5. The molecule has 3 aromatic carbocycles. The maximum absolute atomic E-state index is 13.6. The molecule has 0 aliphatic rings. The molecule has 0 fully saturated rings. The monoisotopic (exact) mass is 470 g/mol. The van der Waals surface area contributed by atoms with Gasteiger partial charge in [0, 0.05) is 29.9 Å². The molecule has 4 rings (SSSR count). The number of pyridine rings is 1. The molecular weight excluding hydrogens is 444 g/mol. The minimum absolute atomic E-state index is 0.0804. The Labute approximate surface area is 202 Å². The third-order valence-corrected chi connectivity index (χ3v) is 5.32. The van der Waals surface area contributed by atoms with Crippen molar-refractivity contribution in [2.24, 2.45) is 0 Å². The fraction of sp³-hybridized carbons (Fsp3) is 0.148. The van der Waals surface area contributed by atoms with Gasteiger partial charge in [-0.3, -0.25) is 9.36 Å². The lowest BCUT2D eigenvalue weighted by atomic mass is 10.1. The van der Waals surface area contributed by atoms with Crippen LogP contribution in [-0.4, -0.2) is 36.3 Å². The van der Waals surface area contributed by atoms with Crippen LogP contribution in [-0.2, 0) is 4.74 Å². The van der Waals surface area contributed by atoms with Crippen LogP contribution >= 0.6 is 0 Å². The van der Waals surface area contributed by atoms with Crippen molar-refractivity contribution in [1.29, 1.82) is 0 Å². The summed E-state index contributed by atoms with van der Waals surface area (Å²) in [6.07, 6.45) is 0. The summed E-state index contributed by atoms with van der Waals surface area (Å²) in [5, 5.41) is 9.37. The number of benzene rings is 3. The molecule has 8 heteroatoms. The van der Waals surface area contributed by atoms with Crippen LogP contribution in [0.3, 0.4) is 0 Å². The molecule has 35 heavy (non-hydrogen) atoms. The molecular formula is C27H26N4O4. The van der Waals surface area contributed by atoms with Gasteiger partial charge in [-0.1, -0.05) is 54.6 Å². The molecule has 0 bridgehead atoms. The van der Waals surface area contributed by atoms with Gasteiger partial charge in [-0.25, -0.2) is 9.59 Å². The molecule has 8 nitrogen and oxygen atoms in total. The second kappa shape index (κ2) is 11.0. The van der Waals surface area contributed by atoms with Crippen molar-refractivity contribution in [2.75, 3.05) is 30.3 Å². The number of carbonyl (C=O) groups is 2. The van der Waals surface area contributed by atoms with Crippen molar-refractivity contribution in [2.45, 2.75) is 6.92 Å². The molecule has 0 saturated carbocycles. The highest BCUT2D eigenvalue weighted by molar-refractivity contribution is 6.05. The molecule has 2 amide bonds. The first kappa shape index (κ1) is 23.6. The van der Waals surface area contributed by atoms with E-state index in [9.17, 15) is 14.4 Å². The Morgan fingerprint density at radius 1 is 0.857 bits per heavy atom. The van der Waals surface area contributed by atoms with Gasteiger partial charge >= 0.3 is 12.0 Å². The Hall–Kier alpha value is -4.59. The molecule has 0 saturated heterocycles. The summed E-state index contributed by atoms with van der Waals surface area (Å²) >= 11 is 0. The Kier molecular flexibility index (Phi) is 7.42. The van der Waals surface area contributed by atoms with Crippen molar-refractivity contribution in [1.82, 2.24) is 9.88 Å². The van der Waals surface area contributed by atoms with Gasteiger partial charge in [-0.15, -0.1) is 0 Å². The van der Waals surface area contributed by atoms with Gasteiger partial charge in [-0.2, -0.15) is 0 Å². The van der Waals surface area contributed by atoms with Crippen LogP contribution in [0, 0.1) is 0 Å². The first-order chi connectivity index (χ1) is 17.1. The Balaban J connectivity index is 1.64. The molecule has 0 aliphatic heterocycles. The van der Waals surface area contributed by atoms with Gasteiger partial charge in [0.1, 0.15) is 5.56 Å². The van der Waals surface area contributed by atoms with E-state index >= 15 is 0 Å². The average Bonchev–Trinajstić information content (AvgIpc) is 2.87. The maximum atomic E-state index is 13.6. The van der Waals surface area contributed by atoms with Crippen LogP contribution in [0.15, 0.2) is 89.7 Å². The predicted octanol–water partition coefficient (Wildman–Crippen LogP) is 4.40. The Bertz CT molecular complexity index is 1390. The summed E-state index contributed by atoms with van der Waals surface area (Å²) < 4.78 is 6.74. The SMILES string of the molecule is CCOC(=O)c1c(NCCNC(=O)Nc2ccccc2)c2ccccc2n(-c2ccccc2)c1=O. The minimum atomic E-state index is -0.704. The van der Waals surface area contributed by atoms with E-state index in [2.05, 4.69) is 16.0 Å². The van der Waals surface area contributed by atoms with Crippen molar-refractivity contribution in [3.05, 3.63) is 101 Å². The molecule has 0 radical (unpaired) electrons. The number of carbonyl (C=O) groups excluding carboxylic acids is 2. The van der Waals surface area contributed by atoms with E-state index in [-0.39, 0.29) is 31.3 Å². The average molecular weight is 471 g/mol. The highest BCUT2D eigenvalue weighted by Crippen LogP contribution is 2.27. The first-order valence-corrected chi connectivity index (χ1v) is 11.3. The maximum Gasteiger partial charge on any atom is 0.345 e. The molecule has 0 atom stereocenters. The zero-order valence-electron chi connectivity index (χ0n) is 19.3. The fourth-order valence-electron chi connectivity index (χ4n) is 3.81. The van der Waals surface area contributed by atoms with Gasteiger partial charge in [0.15, 0.2) is 0 Å². The predicted molar refractivity (Wildman–Crippen MR) is 137 cm³/mol. The van der Waals surface area contributed by atoms with E-state index in [1.807, 2.05) is 72.8 Å². The lowest BCUT2D eigenvalue weighted by Crippen LogP contribution is -2.34. The lowest BCUT2D eigenvalue weighted by Gasteiger charge is -2.18. The molecule has 1 heterocycles. The van der Waals surface area contributed by atoms with Crippen molar-refractivity contribution >= 4 is 34.3 Å². The summed E-state index contributed by atoms with van der Waals surface area (Å²) in [6, 6.07) is 25.2. The van der Waals surface area contributed by atoms with Crippen LogP contribution in [0.1, 0.15) is 17.3 Å². The number of amides is 2. The smallest absolute Gasteiger partial charge is 0.345 e. The van der Waals surface area contributed by atoms with Crippen molar-refractivity contribution in [3.8, 4) is 5.69 Å². The number of nitrogens with zero attached hydrogens (tertiary/aromatic N) is 1. The van der Waals surface area contributed by atoms with Gasteiger partial charge in [0.2, 0.25) is 0 Å². The zero-order valence-corrected chi connectivity index (χ0v) is 19.3. The van der Waals surface area contributed by atoms with Crippen LogP contribution < -0.4 is 21.5 Å². The number of anilines is 2. The normalized spacial score (nSPS) is 10.5. The molecule has 0 spiro atoms. The number of para-hydroxylation sites is 3. The van der Waals surface area contributed by atoms with Crippen molar-refractivity contribution < 1.29 is 14.3 Å². The quantitative estimate of drug-likeness (QED) is 0.262. The molecule has 4 aromatic rings. The lowest BCUT2D eigenvalue weighted by molar-refractivity contribution is 0.0525. The van der Waals surface area contributed by atoms with Gasteiger partial charge in [0.05, 0.1) is 17.8 Å². The number of aromatic nitrogens is 1. The topological polar surface area (TPSA) is 101 Å². The summed E-state index contributed by atoms with van der Waals surface area (Å²) in [6.45, 7) is 2.37. The van der Waals surface area contributed by atoms with E-state index in [0.29, 0.717) is 28.0 Å². The van der Waals surface area contributed by atoms with Gasteiger partial charge in [0.25, 0.3) is 5.56 Å².